The van der Waals surface area contributed by atoms with E-state index < -0.39 is 6.10 Å². The highest BCUT2D eigenvalue weighted by Crippen LogP contribution is 2.25. The molecule has 24 heavy (non-hydrogen) atoms. The Balaban J connectivity index is 2.06. The van der Waals surface area contributed by atoms with E-state index in [-0.39, 0.29) is 11.4 Å². The molecule has 7 heteroatoms. The molecular formula is C17H26N4O3. The Bertz CT molecular complexity index is 631. The van der Waals surface area contributed by atoms with Gasteiger partial charge in [-0.05, 0) is 57.9 Å². The lowest BCUT2D eigenvalue weighted by molar-refractivity contribution is -0.720. The van der Waals surface area contributed by atoms with Gasteiger partial charge in [-0.25, -0.2) is 0 Å². The molecule has 1 aliphatic heterocycles. The number of rotatable bonds is 4. The molecule has 1 heterocycles. The van der Waals surface area contributed by atoms with E-state index in [9.17, 15) is 10.0 Å². The number of carbonyl (C=O) groups excluding carboxylic acids is 1. The highest BCUT2D eigenvalue weighted by atomic mass is 16.7. The standard InChI is InChI=1S/C17H26N4O3/c1-12-9-13(2)11-14(10-12)20-8-7-15(16(20)22)24-18-21(23)19(6)17(3,4)5/h9-11,15H,7-8H2,1-6H3/b21-18-. The van der Waals surface area contributed by atoms with Crippen LogP contribution in [0.15, 0.2) is 23.5 Å². The van der Waals surface area contributed by atoms with E-state index in [1.807, 2.05) is 46.8 Å². The number of anilines is 1. The summed E-state index contributed by atoms with van der Waals surface area (Å²) in [6.07, 6.45) is -0.224. The molecule has 1 aromatic rings. The second kappa shape index (κ2) is 6.67. The van der Waals surface area contributed by atoms with E-state index in [0.29, 0.717) is 17.9 Å². The molecule has 1 amide bonds. The van der Waals surface area contributed by atoms with Crippen LogP contribution in [0.3, 0.4) is 0 Å². The zero-order valence-electron chi connectivity index (χ0n) is 15.2. The van der Waals surface area contributed by atoms with Crippen molar-refractivity contribution in [1.29, 1.82) is 0 Å². The zero-order chi connectivity index (χ0) is 18.1. The predicted molar refractivity (Wildman–Crippen MR) is 91.3 cm³/mol. The Labute approximate surface area is 143 Å². The number of hydrazine groups is 1. The van der Waals surface area contributed by atoms with Crippen molar-refractivity contribution >= 4 is 11.6 Å². The van der Waals surface area contributed by atoms with Gasteiger partial charge < -0.3 is 14.9 Å². The van der Waals surface area contributed by atoms with Crippen LogP contribution in [-0.2, 0) is 9.63 Å². The van der Waals surface area contributed by atoms with Crippen molar-refractivity contribution in [2.24, 2.45) is 5.28 Å². The van der Waals surface area contributed by atoms with Gasteiger partial charge in [0.05, 0.1) is 17.6 Å². The number of benzene rings is 1. The fourth-order valence-electron chi connectivity index (χ4n) is 2.52. The van der Waals surface area contributed by atoms with Crippen molar-refractivity contribution < 1.29 is 14.6 Å². The zero-order valence-corrected chi connectivity index (χ0v) is 15.2. The van der Waals surface area contributed by atoms with Crippen molar-refractivity contribution in [3.05, 3.63) is 34.5 Å². The normalized spacial score (nSPS) is 18.9. The van der Waals surface area contributed by atoms with Crippen LogP contribution in [0.2, 0.25) is 0 Å². The van der Waals surface area contributed by atoms with Gasteiger partial charge in [-0.15, -0.1) is 5.01 Å². The van der Waals surface area contributed by atoms with Gasteiger partial charge in [-0.1, -0.05) is 6.07 Å². The third-order valence-corrected chi connectivity index (χ3v) is 4.15. The summed E-state index contributed by atoms with van der Waals surface area (Å²) in [5.74, 6) is -0.171. The quantitative estimate of drug-likeness (QED) is 0.482. The SMILES string of the molecule is Cc1cc(C)cc(N2CCC(O/N=[N+](\[O-])N(C)C(C)(C)C)C2=O)c1. The van der Waals surface area contributed by atoms with Crippen LogP contribution in [0.1, 0.15) is 38.3 Å². The smallest absolute Gasteiger partial charge is 0.271 e. The molecular weight excluding hydrogens is 308 g/mol. The number of carbonyl (C=O) groups is 1. The monoisotopic (exact) mass is 334 g/mol. The Kier molecular flexibility index (Phi) is 5.01. The van der Waals surface area contributed by atoms with Gasteiger partial charge in [0.25, 0.3) is 5.91 Å². The van der Waals surface area contributed by atoms with E-state index in [2.05, 4.69) is 11.3 Å². The summed E-state index contributed by atoms with van der Waals surface area (Å²) in [6, 6.07) is 6.00. The molecule has 2 rings (SSSR count). The molecule has 1 unspecified atom stereocenters. The number of aryl methyl sites for hydroxylation is 2. The van der Waals surface area contributed by atoms with Crippen LogP contribution in [-0.4, -0.2) is 41.1 Å². The molecule has 1 saturated heterocycles. The van der Waals surface area contributed by atoms with E-state index in [1.54, 1.807) is 11.9 Å². The molecule has 0 N–H and O–H groups in total. The Morgan fingerprint density at radius 1 is 1.29 bits per heavy atom. The van der Waals surface area contributed by atoms with Crippen molar-refractivity contribution in [2.75, 3.05) is 18.5 Å². The second-order valence-corrected chi connectivity index (χ2v) is 7.25. The molecule has 0 aliphatic carbocycles. The first kappa shape index (κ1) is 18.0. The maximum atomic E-state index is 12.5. The van der Waals surface area contributed by atoms with E-state index in [1.165, 1.54) is 5.01 Å². The summed E-state index contributed by atoms with van der Waals surface area (Å²) >= 11 is 0. The topological polar surface area (TPSA) is 71.2 Å². The first-order valence-electron chi connectivity index (χ1n) is 8.07. The largest absolute Gasteiger partial charge is 0.569 e. The molecule has 0 aromatic heterocycles. The Morgan fingerprint density at radius 2 is 1.88 bits per heavy atom. The summed E-state index contributed by atoms with van der Waals surface area (Å²) in [5.41, 5.74) is 2.67. The van der Waals surface area contributed by atoms with Crippen LogP contribution >= 0.6 is 0 Å². The minimum absolute atomic E-state index is 0.171. The van der Waals surface area contributed by atoms with Crippen LogP contribution in [0, 0.1) is 19.1 Å². The van der Waals surface area contributed by atoms with Gasteiger partial charge in [-0.3, -0.25) is 4.79 Å². The maximum Gasteiger partial charge on any atom is 0.271 e. The summed E-state index contributed by atoms with van der Waals surface area (Å²) < 4.78 is 0. The minimum atomic E-state index is -0.726. The number of hydrogen-bond donors (Lipinski definition) is 0. The van der Waals surface area contributed by atoms with Crippen molar-refractivity contribution in [2.45, 2.75) is 52.7 Å². The van der Waals surface area contributed by atoms with Crippen molar-refractivity contribution in [1.82, 2.24) is 5.01 Å². The lowest BCUT2D eigenvalue weighted by atomic mass is 10.1. The molecule has 0 saturated carbocycles. The van der Waals surface area contributed by atoms with E-state index in [0.717, 1.165) is 16.8 Å². The summed E-state index contributed by atoms with van der Waals surface area (Å²) in [7, 11) is 1.62. The molecule has 7 nitrogen and oxygen atoms in total. The fraction of sp³-hybridized carbons (Fsp3) is 0.588. The highest BCUT2D eigenvalue weighted by Gasteiger charge is 2.36. The summed E-state index contributed by atoms with van der Waals surface area (Å²) in [4.78, 5) is 19.8. The first-order valence-corrected chi connectivity index (χ1v) is 8.07. The lowest BCUT2D eigenvalue weighted by Gasteiger charge is -2.26. The van der Waals surface area contributed by atoms with Gasteiger partial charge in [0.1, 0.15) is 0 Å². The predicted octanol–water partition coefficient (Wildman–Crippen LogP) is 2.95. The van der Waals surface area contributed by atoms with Crippen LogP contribution in [0.25, 0.3) is 0 Å². The third-order valence-electron chi connectivity index (χ3n) is 4.15. The minimum Gasteiger partial charge on any atom is -0.569 e. The maximum absolute atomic E-state index is 12.5. The van der Waals surface area contributed by atoms with Crippen LogP contribution in [0.4, 0.5) is 5.69 Å². The Hall–Kier alpha value is -2.31. The van der Waals surface area contributed by atoms with Crippen LogP contribution < -0.4 is 4.90 Å². The fourth-order valence-corrected chi connectivity index (χ4v) is 2.52. The van der Waals surface area contributed by atoms with Crippen molar-refractivity contribution in [3.63, 3.8) is 0 Å². The van der Waals surface area contributed by atoms with Gasteiger partial charge in [-0.2, -0.15) is 0 Å². The van der Waals surface area contributed by atoms with Gasteiger partial charge in [0.2, 0.25) is 11.4 Å². The molecule has 0 spiro atoms. The lowest BCUT2D eigenvalue weighted by Crippen LogP contribution is -2.42. The van der Waals surface area contributed by atoms with Gasteiger partial charge in [0, 0.05) is 18.7 Å². The number of amides is 1. The van der Waals surface area contributed by atoms with Crippen LogP contribution in [0.5, 0.6) is 0 Å². The van der Waals surface area contributed by atoms with Gasteiger partial charge in [0.15, 0.2) is 0 Å². The second-order valence-electron chi connectivity index (χ2n) is 7.25. The number of hydrogen-bond acceptors (Lipinski definition) is 4. The summed E-state index contributed by atoms with van der Waals surface area (Å²) in [6.45, 7) is 10.2. The molecule has 0 bridgehead atoms. The highest BCUT2D eigenvalue weighted by molar-refractivity contribution is 5.98. The molecule has 1 aliphatic rings. The molecule has 1 atom stereocenters. The molecule has 132 valence electrons. The molecule has 0 radical (unpaired) electrons. The first-order chi connectivity index (χ1) is 11.1. The van der Waals surface area contributed by atoms with E-state index >= 15 is 0 Å². The van der Waals surface area contributed by atoms with Crippen molar-refractivity contribution in [3.8, 4) is 0 Å². The number of nitrogens with zero attached hydrogens (tertiary/aromatic N) is 4. The van der Waals surface area contributed by atoms with E-state index in [4.69, 9.17) is 4.84 Å². The average molecular weight is 334 g/mol. The molecule has 1 aromatic carbocycles. The molecule has 1 fully saturated rings. The third kappa shape index (κ3) is 3.96. The van der Waals surface area contributed by atoms with Gasteiger partial charge >= 0.3 is 0 Å². The average Bonchev–Trinajstić information content (AvgIpc) is 2.83. The summed E-state index contributed by atoms with van der Waals surface area (Å²) in [5, 5.41) is 16.9. The Morgan fingerprint density at radius 3 is 2.42 bits per heavy atom.